The van der Waals surface area contributed by atoms with E-state index in [1.807, 2.05) is 69.7 Å². The minimum absolute atomic E-state index is 0.0134. The van der Waals surface area contributed by atoms with Crippen molar-refractivity contribution in [3.8, 4) is 0 Å². The van der Waals surface area contributed by atoms with Crippen LogP contribution in [-0.4, -0.2) is 46.0 Å². The molecule has 2 heterocycles. The largest absolute Gasteiger partial charge is 0.354 e. The smallest absolute Gasteiger partial charge is 0.220 e. The molecule has 0 saturated carbocycles. The van der Waals surface area contributed by atoms with Crippen molar-refractivity contribution < 1.29 is 4.79 Å². The van der Waals surface area contributed by atoms with E-state index in [2.05, 4.69) is 20.3 Å². The van der Waals surface area contributed by atoms with Crippen LogP contribution in [0.1, 0.15) is 40.7 Å². The van der Waals surface area contributed by atoms with Gasteiger partial charge < -0.3 is 10.2 Å². The number of aromatic nitrogens is 3. The summed E-state index contributed by atoms with van der Waals surface area (Å²) in [6.45, 7) is 6.47. The van der Waals surface area contributed by atoms with E-state index in [1.54, 1.807) is 0 Å². The normalized spacial score (nSPS) is 12.5. The van der Waals surface area contributed by atoms with Gasteiger partial charge in [0.25, 0.3) is 0 Å². The SMILES string of the molecule is Cc1cc2nc(C)c(CCC(=O)NCC(c3ccccc3Cl)N(C)C)c(C)n2n1. The third kappa shape index (κ3) is 4.77. The van der Waals surface area contributed by atoms with Crippen LogP contribution in [0.25, 0.3) is 5.65 Å². The minimum Gasteiger partial charge on any atom is -0.354 e. The van der Waals surface area contributed by atoms with Crippen molar-refractivity contribution in [1.82, 2.24) is 24.8 Å². The van der Waals surface area contributed by atoms with Crippen LogP contribution in [0.15, 0.2) is 30.3 Å². The highest BCUT2D eigenvalue weighted by Gasteiger charge is 2.18. The van der Waals surface area contributed by atoms with Crippen LogP contribution in [0.5, 0.6) is 0 Å². The second kappa shape index (κ2) is 8.93. The number of nitrogens with one attached hydrogen (secondary N) is 1. The molecule has 1 aromatic carbocycles. The summed E-state index contributed by atoms with van der Waals surface area (Å²) in [5.74, 6) is 0.0134. The van der Waals surface area contributed by atoms with E-state index in [0.29, 0.717) is 24.4 Å². The molecule has 0 fully saturated rings. The molecule has 7 heteroatoms. The van der Waals surface area contributed by atoms with Gasteiger partial charge in [0.1, 0.15) is 0 Å². The van der Waals surface area contributed by atoms with Gasteiger partial charge in [-0.15, -0.1) is 0 Å². The van der Waals surface area contributed by atoms with Crippen LogP contribution in [-0.2, 0) is 11.2 Å². The molecule has 1 N–H and O–H groups in total. The van der Waals surface area contributed by atoms with Crippen LogP contribution >= 0.6 is 11.6 Å². The number of fused-ring (bicyclic) bond motifs is 1. The Morgan fingerprint density at radius 1 is 1.24 bits per heavy atom. The van der Waals surface area contributed by atoms with Crippen LogP contribution in [0.2, 0.25) is 5.02 Å². The number of nitrogens with zero attached hydrogens (tertiary/aromatic N) is 4. The summed E-state index contributed by atoms with van der Waals surface area (Å²) in [6.07, 6.45) is 1.03. The molecule has 0 spiro atoms. The molecule has 1 unspecified atom stereocenters. The molecule has 154 valence electrons. The molecule has 0 saturated heterocycles. The summed E-state index contributed by atoms with van der Waals surface area (Å²) in [6, 6.07) is 9.73. The minimum atomic E-state index is 0.0134. The van der Waals surface area contributed by atoms with Crippen molar-refractivity contribution in [2.45, 2.75) is 39.7 Å². The highest BCUT2D eigenvalue weighted by molar-refractivity contribution is 6.31. The zero-order valence-corrected chi connectivity index (χ0v) is 18.4. The maximum atomic E-state index is 12.5. The summed E-state index contributed by atoms with van der Waals surface area (Å²) in [7, 11) is 3.97. The molecule has 29 heavy (non-hydrogen) atoms. The van der Waals surface area contributed by atoms with Gasteiger partial charge in [-0.1, -0.05) is 29.8 Å². The first-order chi connectivity index (χ1) is 13.8. The number of halogens is 1. The summed E-state index contributed by atoms with van der Waals surface area (Å²) in [5, 5.41) is 8.26. The Hall–Kier alpha value is -2.44. The summed E-state index contributed by atoms with van der Waals surface area (Å²) in [5.41, 5.74) is 5.85. The Labute approximate surface area is 176 Å². The van der Waals surface area contributed by atoms with E-state index in [0.717, 1.165) is 33.9 Å². The number of carbonyl (C=O) groups is 1. The van der Waals surface area contributed by atoms with Gasteiger partial charge in [0.2, 0.25) is 5.91 Å². The lowest BCUT2D eigenvalue weighted by molar-refractivity contribution is -0.121. The van der Waals surface area contributed by atoms with Gasteiger partial charge >= 0.3 is 0 Å². The van der Waals surface area contributed by atoms with Gasteiger partial charge in [0, 0.05) is 35.4 Å². The third-order valence-electron chi connectivity index (χ3n) is 5.27. The highest BCUT2D eigenvalue weighted by atomic mass is 35.5. The van der Waals surface area contributed by atoms with Gasteiger partial charge in [0.15, 0.2) is 5.65 Å². The molecule has 1 amide bonds. The number of hydrogen-bond donors (Lipinski definition) is 1. The first-order valence-electron chi connectivity index (χ1n) is 9.78. The summed E-state index contributed by atoms with van der Waals surface area (Å²) < 4.78 is 1.86. The number of aryl methyl sites for hydroxylation is 3. The van der Waals surface area contributed by atoms with E-state index in [9.17, 15) is 4.79 Å². The van der Waals surface area contributed by atoms with Gasteiger partial charge in [-0.05, 0) is 58.5 Å². The predicted octanol–water partition coefficient (Wildman–Crippen LogP) is 3.66. The fraction of sp³-hybridized carbons (Fsp3) is 0.409. The van der Waals surface area contributed by atoms with Gasteiger partial charge in [-0.3, -0.25) is 4.79 Å². The van der Waals surface area contributed by atoms with E-state index in [1.165, 1.54) is 0 Å². The molecule has 0 aliphatic carbocycles. The summed E-state index contributed by atoms with van der Waals surface area (Å²) >= 11 is 6.35. The standard InChI is InChI=1S/C22H28ClN5O/c1-14-12-21-25-15(2)17(16(3)28(21)26-14)10-11-22(29)24-13-20(27(4)5)18-8-6-7-9-19(18)23/h6-9,12,20H,10-11,13H2,1-5H3,(H,24,29). The monoisotopic (exact) mass is 413 g/mol. The van der Waals surface area contributed by atoms with Crippen LogP contribution in [0, 0.1) is 20.8 Å². The molecule has 2 aromatic heterocycles. The summed E-state index contributed by atoms with van der Waals surface area (Å²) in [4.78, 5) is 19.2. The Balaban J connectivity index is 1.65. The fourth-order valence-electron chi connectivity index (χ4n) is 3.66. The third-order valence-corrected chi connectivity index (χ3v) is 5.61. The van der Waals surface area contributed by atoms with Crippen molar-refractivity contribution in [3.05, 3.63) is 63.6 Å². The van der Waals surface area contributed by atoms with Crippen LogP contribution in [0.4, 0.5) is 0 Å². The molecule has 6 nitrogen and oxygen atoms in total. The predicted molar refractivity (Wildman–Crippen MR) is 116 cm³/mol. The maximum absolute atomic E-state index is 12.5. The van der Waals surface area contributed by atoms with Gasteiger partial charge in [-0.25, -0.2) is 9.50 Å². The molecular formula is C22H28ClN5O. The zero-order valence-electron chi connectivity index (χ0n) is 17.7. The lowest BCUT2D eigenvalue weighted by Crippen LogP contribution is -2.34. The molecule has 1 atom stereocenters. The molecular weight excluding hydrogens is 386 g/mol. The van der Waals surface area contributed by atoms with Crippen molar-refractivity contribution in [2.75, 3.05) is 20.6 Å². The number of carbonyl (C=O) groups excluding carboxylic acids is 1. The van der Waals surface area contributed by atoms with Gasteiger partial charge in [-0.2, -0.15) is 5.10 Å². The van der Waals surface area contributed by atoms with E-state index in [4.69, 9.17) is 11.6 Å². The Morgan fingerprint density at radius 2 is 1.97 bits per heavy atom. The quantitative estimate of drug-likeness (QED) is 0.642. The molecule has 0 bridgehead atoms. The number of likely N-dealkylation sites (N-methyl/N-ethyl adjacent to an activating group) is 1. The van der Waals surface area contributed by atoms with Crippen molar-refractivity contribution in [1.29, 1.82) is 0 Å². The van der Waals surface area contributed by atoms with Crippen LogP contribution < -0.4 is 5.32 Å². The average Bonchev–Trinajstić information content (AvgIpc) is 3.03. The Bertz CT molecular complexity index is 1030. The number of benzene rings is 1. The Morgan fingerprint density at radius 3 is 2.66 bits per heavy atom. The Kier molecular flexibility index (Phi) is 6.55. The van der Waals surface area contributed by atoms with Crippen molar-refractivity contribution in [2.24, 2.45) is 0 Å². The van der Waals surface area contributed by atoms with E-state index >= 15 is 0 Å². The number of amides is 1. The maximum Gasteiger partial charge on any atom is 0.220 e. The molecule has 0 aliphatic heterocycles. The van der Waals surface area contributed by atoms with Crippen LogP contribution in [0.3, 0.4) is 0 Å². The second-order valence-electron chi connectivity index (χ2n) is 7.62. The average molecular weight is 414 g/mol. The topological polar surface area (TPSA) is 62.5 Å². The van der Waals surface area contributed by atoms with E-state index in [-0.39, 0.29) is 11.9 Å². The molecule has 3 rings (SSSR count). The number of hydrogen-bond acceptors (Lipinski definition) is 4. The molecule has 3 aromatic rings. The second-order valence-corrected chi connectivity index (χ2v) is 8.03. The molecule has 0 aliphatic rings. The first kappa shape index (κ1) is 21.3. The lowest BCUT2D eigenvalue weighted by Gasteiger charge is -2.26. The van der Waals surface area contributed by atoms with Crippen molar-refractivity contribution in [3.63, 3.8) is 0 Å². The lowest BCUT2D eigenvalue weighted by atomic mass is 10.0. The van der Waals surface area contributed by atoms with E-state index < -0.39 is 0 Å². The first-order valence-corrected chi connectivity index (χ1v) is 10.2. The zero-order chi connectivity index (χ0) is 21.1. The highest BCUT2D eigenvalue weighted by Crippen LogP contribution is 2.25. The number of rotatable bonds is 7. The fourth-order valence-corrected chi connectivity index (χ4v) is 3.92. The van der Waals surface area contributed by atoms with Gasteiger partial charge in [0.05, 0.1) is 11.7 Å². The van der Waals surface area contributed by atoms with Crippen molar-refractivity contribution >= 4 is 23.2 Å². The molecule has 0 radical (unpaired) electrons.